The fourth-order valence-electron chi connectivity index (χ4n) is 5.63. The number of halogens is 5. The van der Waals surface area contributed by atoms with Crippen molar-refractivity contribution >= 4 is 41.1 Å². The molecule has 2 fully saturated rings. The molecule has 0 radical (unpaired) electrons. The predicted octanol–water partition coefficient (Wildman–Crippen LogP) is 6.79. The van der Waals surface area contributed by atoms with Gasteiger partial charge in [0.05, 0.1) is 0 Å². The number of nitrogens with zero attached hydrogens (tertiary/aromatic N) is 2. The van der Waals surface area contributed by atoms with Crippen molar-refractivity contribution in [1.82, 2.24) is 15.1 Å². The summed E-state index contributed by atoms with van der Waals surface area (Å²) in [7, 11) is 0. The van der Waals surface area contributed by atoms with E-state index in [-0.39, 0.29) is 36.4 Å². The average Bonchev–Trinajstić information content (AvgIpc) is 3.17. The van der Waals surface area contributed by atoms with Crippen LogP contribution in [0.2, 0.25) is 10.0 Å². The number of rotatable bonds is 8. The van der Waals surface area contributed by atoms with Crippen molar-refractivity contribution in [3.05, 3.63) is 87.9 Å². The maximum absolute atomic E-state index is 13.3. The number of likely N-dealkylation sites (tertiary alicyclic amines) is 1. The molecule has 2 unspecified atom stereocenters. The van der Waals surface area contributed by atoms with Crippen molar-refractivity contribution in [3.8, 4) is 16.9 Å². The highest BCUT2D eigenvalue weighted by Crippen LogP contribution is 2.36. The lowest BCUT2D eigenvalue weighted by Gasteiger charge is -2.40. The summed E-state index contributed by atoms with van der Waals surface area (Å²) in [6.07, 6.45) is -5.31. The van der Waals surface area contributed by atoms with Crippen LogP contribution in [0.1, 0.15) is 37.3 Å². The molecule has 2 aliphatic heterocycles. The summed E-state index contributed by atoms with van der Waals surface area (Å²) in [6.45, 7) is 3.06. The van der Waals surface area contributed by atoms with Crippen LogP contribution in [0.5, 0.6) is 5.75 Å². The Kier molecular flexibility index (Phi) is 9.34. The molecule has 5 rings (SSSR count). The van der Waals surface area contributed by atoms with E-state index in [0.29, 0.717) is 34.1 Å². The van der Waals surface area contributed by atoms with Crippen molar-refractivity contribution < 1.29 is 37.0 Å². The van der Waals surface area contributed by atoms with Crippen LogP contribution in [-0.2, 0) is 20.9 Å². The summed E-state index contributed by atoms with van der Waals surface area (Å²) in [5.41, 5.74) is 1.01. The molecule has 2 atom stereocenters. The predicted molar refractivity (Wildman–Crippen MR) is 162 cm³/mol. The molecule has 3 amide bonds. The number of benzene rings is 3. The van der Waals surface area contributed by atoms with Gasteiger partial charge in [0, 0.05) is 52.8 Å². The molecule has 2 aliphatic rings. The zero-order valence-corrected chi connectivity index (χ0v) is 25.9. The highest BCUT2D eigenvalue weighted by atomic mass is 35.5. The van der Waals surface area contributed by atoms with E-state index >= 15 is 0 Å². The number of carbonyl (C=O) groups is 3. The summed E-state index contributed by atoms with van der Waals surface area (Å²) in [4.78, 5) is 40.5. The average molecular weight is 665 g/mol. The normalized spacial score (nSPS) is 19.9. The van der Waals surface area contributed by atoms with Crippen LogP contribution >= 0.6 is 23.2 Å². The Balaban J connectivity index is 1.36. The standard InChI is InChI=1S/C32H30Cl2F3N3O5/c1-31(2)29(42)40(30(43)45-31)18-28(41)39-13-12-26(24(17-39)19-6-4-3-5-7-19)38-16-21-14-20(8-11-27(21)44-32(35,36)37)23-10-9-22(33)15-25(23)34/h3-11,14-15,24,26,38H,12-13,16-18H2,1-2H3. The molecule has 3 aromatic carbocycles. The van der Waals surface area contributed by atoms with E-state index in [1.54, 1.807) is 29.2 Å². The highest BCUT2D eigenvalue weighted by molar-refractivity contribution is 6.36. The largest absolute Gasteiger partial charge is 0.573 e. The van der Waals surface area contributed by atoms with Crippen LogP contribution in [0, 0.1) is 0 Å². The maximum atomic E-state index is 13.3. The minimum atomic E-state index is -4.90. The van der Waals surface area contributed by atoms with Gasteiger partial charge in [0.1, 0.15) is 12.3 Å². The van der Waals surface area contributed by atoms with E-state index in [1.165, 1.54) is 26.0 Å². The van der Waals surface area contributed by atoms with Crippen LogP contribution < -0.4 is 10.1 Å². The van der Waals surface area contributed by atoms with Crippen molar-refractivity contribution in [2.45, 2.75) is 50.7 Å². The third-order valence-corrected chi connectivity index (χ3v) is 8.44. The van der Waals surface area contributed by atoms with Crippen LogP contribution in [0.4, 0.5) is 18.0 Å². The molecule has 2 heterocycles. The minimum Gasteiger partial charge on any atom is -0.433 e. The van der Waals surface area contributed by atoms with E-state index in [2.05, 4.69) is 10.1 Å². The second-order valence-electron chi connectivity index (χ2n) is 11.4. The Morgan fingerprint density at radius 2 is 1.80 bits per heavy atom. The third kappa shape index (κ3) is 7.54. The smallest absolute Gasteiger partial charge is 0.433 e. The van der Waals surface area contributed by atoms with Crippen LogP contribution in [0.25, 0.3) is 11.1 Å². The van der Waals surface area contributed by atoms with Gasteiger partial charge in [0.2, 0.25) is 5.91 Å². The number of nitrogens with one attached hydrogen (secondary N) is 1. The summed E-state index contributed by atoms with van der Waals surface area (Å²) >= 11 is 12.4. The van der Waals surface area contributed by atoms with E-state index in [0.717, 1.165) is 10.5 Å². The van der Waals surface area contributed by atoms with Gasteiger partial charge in [0.25, 0.3) is 5.91 Å². The molecule has 0 saturated carbocycles. The number of imide groups is 1. The summed E-state index contributed by atoms with van der Waals surface area (Å²) in [5.74, 6) is -1.60. The van der Waals surface area contributed by atoms with E-state index in [9.17, 15) is 27.6 Å². The van der Waals surface area contributed by atoms with Gasteiger partial charge >= 0.3 is 12.5 Å². The maximum Gasteiger partial charge on any atom is 0.573 e. The van der Waals surface area contributed by atoms with Crippen molar-refractivity contribution in [1.29, 1.82) is 0 Å². The molecule has 0 bridgehead atoms. The third-order valence-electron chi connectivity index (χ3n) is 7.89. The first-order chi connectivity index (χ1) is 21.2. The zero-order valence-electron chi connectivity index (χ0n) is 24.4. The van der Waals surface area contributed by atoms with Gasteiger partial charge in [-0.25, -0.2) is 9.69 Å². The van der Waals surface area contributed by atoms with E-state index in [1.807, 2.05) is 30.3 Å². The summed E-state index contributed by atoms with van der Waals surface area (Å²) in [6, 6.07) is 18.4. The van der Waals surface area contributed by atoms with Crippen molar-refractivity contribution in [2.24, 2.45) is 0 Å². The van der Waals surface area contributed by atoms with E-state index in [4.69, 9.17) is 27.9 Å². The molecule has 13 heteroatoms. The van der Waals surface area contributed by atoms with E-state index < -0.39 is 36.4 Å². The zero-order chi connectivity index (χ0) is 32.5. The lowest BCUT2D eigenvalue weighted by molar-refractivity contribution is -0.274. The molecule has 3 aromatic rings. The van der Waals surface area contributed by atoms with Gasteiger partial charge in [0.15, 0.2) is 5.60 Å². The number of alkyl halides is 3. The van der Waals surface area contributed by atoms with Crippen LogP contribution in [-0.4, -0.2) is 65.3 Å². The van der Waals surface area contributed by atoms with Gasteiger partial charge in [-0.2, -0.15) is 0 Å². The number of piperidine rings is 1. The molecule has 45 heavy (non-hydrogen) atoms. The first kappa shape index (κ1) is 32.6. The number of amides is 3. The Morgan fingerprint density at radius 1 is 1.07 bits per heavy atom. The molecule has 238 valence electrons. The topological polar surface area (TPSA) is 88.2 Å². The monoisotopic (exact) mass is 663 g/mol. The van der Waals surface area contributed by atoms with Crippen LogP contribution in [0.15, 0.2) is 66.7 Å². The second kappa shape index (κ2) is 12.9. The molecule has 0 aromatic heterocycles. The number of cyclic esters (lactones) is 1. The van der Waals surface area contributed by atoms with Crippen molar-refractivity contribution in [3.63, 3.8) is 0 Å². The molecule has 2 saturated heterocycles. The molecular formula is C32H30Cl2F3N3O5. The first-order valence-corrected chi connectivity index (χ1v) is 14.9. The summed E-state index contributed by atoms with van der Waals surface area (Å²) in [5, 5.41) is 4.17. The number of hydrogen-bond donors (Lipinski definition) is 1. The quantitative estimate of drug-likeness (QED) is 0.286. The Bertz CT molecular complexity index is 1600. The number of ether oxygens (including phenoxy) is 2. The van der Waals surface area contributed by atoms with Gasteiger partial charge < -0.3 is 19.7 Å². The number of carbonyl (C=O) groups excluding carboxylic acids is 3. The fraction of sp³-hybridized carbons (Fsp3) is 0.344. The van der Waals surface area contributed by atoms with Gasteiger partial charge in [-0.15, -0.1) is 13.2 Å². The highest BCUT2D eigenvalue weighted by Gasteiger charge is 2.48. The lowest BCUT2D eigenvalue weighted by Crippen LogP contribution is -2.52. The van der Waals surface area contributed by atoms with Gasteiger partial charge in [-0.3, -0.25) is 9.59 Å². The Morgan fingerprint density at radius 3 is 2.44 bits per heavy atom. The molecule has 8 nitrogen and oxygen atoms in total. The number of hydrogen-bond acceptors (Lipinski definition) is 6. The molecule has 0 aliphatic carbocycles. The molecule has 0 spiro atoms. The summed E-state index contributed by atoms with van der Waals surface area (Å²) < 4.78 is 49.4. The van der Waals surface area contributed by atoms with Crippen molar-refractivity contribution in [2.75, 3.05) is 19.6 Å². The van der Waals surface area contributed by atoms with Gasteiger partial charge in [-0.1, -0.05) is 65.7 Å². The fourth-order valence-corrected chi connectivity index (χ4v) is 6.15. The molecule has 1 N–H and O–H groups in total. The minimum absolute atomic E-state index is 0.0234. The Labute approximate surface area is 268 Å². The Hall–Kier alpha value is -3.80. The second-order valence-corrected chi connectivity index (χ2v) is 12.2. The first-order valence-electron chi connectivity index (χ1n) is 14.2. The van der Waals surface area contributed by atoms with Gasteiger partial charge in [-0.05, 0) is 55.7 Å². The SMILES string of the molecule is CC1(C)OC(=O)N(CC(=O)N2CCC(NCc3cc(-c4ccc(Cl)cc4Cl)ccc3OC(F)(F)F)C(c3ccccc3)C2)C1=O. The lowest BCUT2D eigenvalue weighted by atomic mass is 9.85. The molecular weight excluding hydrogens is 634 g/mol. The van der Waals surface area contributed by atoms with Crippen LogP contribution in [0.3, 0.4) is 0 Å².